The second-order valence-electron chi connectivity index (χ2n) is 6.83. The molecule has 1 aromatic carbocycles. The fourth-order valence-corrected chi connectivity index (χ4v) is 5.00. The molecule has 9 nitrogen and oxygen atoms in total. The van der Waals surface area contributed by atoms with Gasteiger partial charge in [0.1, 0.15) is 16.3 Å². The highest BCUT2D eigenvalue weighted by molar-refractivity contribution is 7.89. The van der Waals surface area contributed by atoms with E-state index in [1.54, 1.807) is 24.1 Å². The van der Waals surface area contributed by atoms with Crippen molar-refractivity contribution in [1.82, 2.24) is 19.6 Å². The zero-order valence-electron chi connectivity index (χ0n) is 15.3. The minimum absolute atomic E-state index is 0.0556. The lowest BCUT2D eigenvalue weighted by atomic mass is 9.93. The molecule has 4 rings (SSSR count). The Morgan fingerprint density at radius 3 is 2.71 bits per heavy atom. The van der Waals surface area contributed by atoms with Gasteiger partial charge in [0.25, 0.3) is 5.91 Å². The number of nitrogens with one attached hydrogen (secondary N) is 2. The van der Waals surface area contributed by atoms with Crippen LogP contribution in [-0.4, -0.2) is 55.6 Å². The van der Waals surface area contributed by atoms with E-state index in [2.05, 4.69) is 20.0 Å². The normalized spacial score (nSPS) is 21.5. The predicted molar refractivity (Wildman–Crippen MR) is 101 cm³/mol. The molecule has 148 valence electrons. The van der Waals surface area contributed by atoms with Gasteiger partial charge < -0.3 is 15.0 Å². The summed E-state index contributed by atoms with van der Waals surface area (Å²) in [6.45, 7) is 1.07. The van der Waals surface area contributed by atoms with Crippen molar-refractivity contribution < 1.29 is 17.9 Å². The van der Waals surface area contributed by atoms with E-state index in [1.165, 1.54) is 24.7 Å². The number of aromatic nitrogens is 2. The monoisotopic (exact) mass is 403 g/mol. The van der Waals surface area contributed by atoms with Crippen LogP contribution in [0.1, 0.15) is 23.3 Å². The smallest absolute Gasteiger partial charge is 0.274 e. The molecule has 2 aliphatic rings. The zero-order chi connectivity index (χ0) is 19.7. The van der Waals surface area contributed by atoms with E-state index >= 15 is 0 Å². The number of sulfonamides is 1. The third kappa shape index (κ3) is 3.52. The highest BCUT2D eigenvalue weighted by Gasteiger charge is 2.36. The summed E-state index contributed by atoms with van der Waals surface area (Å²) >= 11 is 0. The fourth-order valence-electron chi connectivity index (χ4n) is 3.63. The first kappa shape index (κ1) is 18.6. The minimum Gasteiger partial charge on any atom is -0.497 e. The number of methoxy groups -OCH3 is 1. The number of carbonyl (C=O) groups is 1. The van der Waals surface area contributed by atoms with Crippen molar-refractivity contribution in [2.45, 2.75) is 23.9 Å². The van der Waals surface area contributed by atoms with Crippen LogP contribution in [0.3, 0.4) is 0 Å². The van der Waals surface area contributed by atoms with Gasteiger partial charge in [0.05, 0.1) is 25.2 Å². The van der Waals surface area contributed by atoms with E-state index in [4.69, 9.17) is 4.74 Å². The van der Waals surface area contributed by atoms with Gasteiger partial charge in [-0.05, 0) is 30.9 Å². The topological polar surface area (TPSA) is 114 Å². The molecule has 0 spiro atoms. The van der Waals surface area contributed by atoms with Gasteiger partial charge in [-0.25, -0.2) is 13.4 Å². The van der Waals surface area contributed by atoms with Gasteiger partial charge in [-0.2, -0.15) is 4.72 Å². The lowest BCUT2D eigenvalue weighted by Crippen LogP contribution is -2.52. The van der Waals surface area contributed by atoms with E-state index in [0.29, 0.717) is 43.1 Å². The molecule has 2 aliphatic heterocycles. The van der Waals surface area contributed by atoms with Crippen LogP contribution in [0.25, 0.3) is 0 Å². The Morgan fingerprint density at radius 1 is 1.25 bits per heavy atom. The molecule has 0 saturated carbocycles. The molecule has 2 N–H and O–H groups in total. The van der Waals surface area contributed by atoms with E-state index in [-0.39, 0.29) is 16.7 Å². The number of benzene rings is 1. The van der Waals surface area contributed by atoms with Gasteiger partial charge in [0, 0.05) is 31.5 Å². The number of carbonyl (C=O) groups excluding carboxylic acids is 1. The number of hydrogen-bond acceptors (Lipinski definition) is 7. The summed E-state index contributed by atoms with van der Waals surface area (Å²) in [6.07, 6.45) is 5.38. The number of anilines is 1. The molecular formula is C18H21N5O4S. The van der Waals surface area contributed by atoms with Gasteiger partial charge in [0.15, 0.2) is 0 Å². The summed E-state index contributed by atoms with van der Waals surface area (Å²) in [7, 11) is -2.06. The van der Waals surface area contributed by atoms with Gasteiger partial charge in [0.2, 0.25) is 10.0 Å². The number of ether oxygens (including phenoxy) is 1. The van der Waals surface area contributed by atoms with Crippen molar-refractivity contribution in [3.63, 3.8) is 0 Å². The van der Waals surface area contributed by atoms with Crippen molar-refractivity contribution in [2.75, 3.05) is 25.5 Å². The Balaban J connectivity index is 1.46. The third-order valence-electron chi connectivity index (χ3n) is 5.15. The number of nitrogens with zero attached hydrogens (tertiary/aromatic N) is 3. The summed E-state index contributed by atoms with van der Waals surface area (Å²) in [4.78, 5) is 22.4. The van der Waals surface area contributed by atoms with Crippen molar-refractivity contribution in [3.8, 4) is 5.75 Å². The predicted octanol–water partition coefficient (Wildman–Crippen LogP) is 1.07. The van der Waals surface area contributed by atoms with Crippen LogP contribution in [0, 0.1) is 5.92 Å². The molecule has 0 radical (unpaired) electrons. The lowest BCUT2D eigenvalue weighted by Gasteiger charge is -2.38. The molecule has 1 fully saturated rings. The number of hydrogen-bond donors (Lipinski definition) is 2. The lowest BCUT2D eigenvalue weighted by molar-refractivity contribution is 0.0673. The quantitative estimate of drug-likeness (QED) is 0.788. The molecule has 1 saturated heterocycles. The van der Waals surface area contributed by atoms with Gasteiger partial charge in [-0.1, -0.05) is 0 Å². The second kappa shape index (κ2) is 7.36. The SMILES string of the molecule is COc1ccc2c(c1)N[C@H](C1CCN(C(=O)c3cnccn3)CC1)NS2(=O)=O. The number of amides is 1. The zero-order valence-corrected chi connectivity index (χ0v) is 16.1. The Kier molecular flexibility index (Phi) is 4.90. The minimum atomic E-state index is -3.61. The molecule has 0 aliphatic carbocycles. The van der Waals surface area contributed by atoms with Crippen molar-refractivity contribution in [3.05, 3.63) is 42.5 Å². The van der Waals surface area contributed by atoms with Crippen molar-refractivity contribution in [2.24, 2.45) is 5.92 Å². The number of likely N-dealkylation sites (tertiary alicyclic amines) is 1. The average Bonchev–Trinajstić information content (AvgIpc) is 2.73. The van der Waals surface area contributed by atoms with Gasteiger partial charge in [-0.3, -0.25) is 9.78 Å². The van der Waals surface area contributed by atoms with Crippen molar-refractivity contribution in [1.29, 1.82) is 0 Å². The first-order valence-corrected chi connectivity index (χ1v) is 10.5. The van der Waals surface area contributed by atoms with E-state index in [9.17, 15) is 13.2 Å². The standard InChI is InChI=1S/C18H21N5O4S/c1-27-13-2-3-16-14(10-13)21-17(22-28(16,25)26)12-4-8-23(9-5-12)18(24)15-11-19-6-7-20-15/h2-3,6-7,10-12,17,21-22H,4-5,8-9H2,1H3/t17-/m0/s1. The fraction of sp³-hybridized carbons (Fsp3) is 0.389. The Bertz CT molecular complexity index is 975. The summed E-state index contributed by atoms with van der Waals surface area (Å²) in [6, 6.07) is 4.84. The summed E-state index contributed by atoms with van der Waals surface area (Å²) in [5, 5.41) is 3.28. The van der Waals surface area contributed by atoms with Gasteiger partial charge >= 0.3 is 0 Å². The van der Waals surface area contributed by atoms with Crippen LogP contribution in [0.4, 0.5) is 5.69 Å². The van der Waals surface area contributed by atoms with Crippen LogP contribution in [0.5, 0.6) is 5.75 Å². The maximum atomic E-state index is 12.6. The Hall–Kier alpha value is -2.72. The molecule has 28 heavy (non-hydrogen) atoms. The maximum Gasteiger partial charge on any atom is 0.274 e. The maximum absolute atomic E-state index is 12.6. The van der Waals surface area contributed by atoms with E-state index in [1.807, 2.05) is 0 Å². The third-order valence-corrected chi connectivity index (χ3v) is 6.65. The van der Waals surface area contributed by atoms with Crippen LogP contribution in [0.15, 0.2) is 41.7 Å². The highest BCUT2D eigenvalue weighted by Crippen LogP contribution is 2.33. The average molecular weight is 403 g/mol. The second-order valence-corrected chi connectivity index (χ2v) is 8.51. The Morgan fingerprint density at radius 2 is 2.04 bits per heavy atom. The first-order valence-electron chi connectivity index (χ1n) is 9.00. The number of piperidine rings is 1. The molecule has 1 atom stereocenters. The molecule has 2 aromatic rings. The van der Waals surface area contributed by atoms with Crippen LogP contribution in [-0.2, 0) is 10.0 Å². The molecule has 3 heterocycles. The largest absolute Gasteiger partial charge is 0.497 e. The van der Waals surface area contributed by atoms with E-state index < -0.39 is 16.2 Å². The summed E-state index contributed by atoms with van der Waals surface area (Å²) in [5.74, 6) is 0.491. The Labute approximate surface area is 163 Å². The first-order chi connectivity index (χ1) is 13.5. The summed E-state index contributed by atoms with van der Waals surface area (Å²) < 4.78 is 33.2. The molecule has 0 unspecified atom stereocenters. The van der Waals surface area contributed by atoms with Crippen LogP contribution in [0.2, 0.25) is 0 Å². The van der Waals surface area contributed by atoms with Crippen LogP contribution < -0.4 is 14.8 Å². The van der Waals surface area contributed by atoms with Gasteiger partial charge in [-0.15, -0.1) is 0 Å². The molecule has 10 heteroatoms. The number of rotatable bonds is 3. The summed E-state index contributed by atoms with van der Waals surface area (Å²) in [5.41, 5.74) is 0.847. The molecule has 1 amide bonds. The highest BCUT2D eigenvalue weighted by atomic mass is 32.2. The van der Waals surface area contributed by atoms with Crippen molar-refractivity contribution >= 4 is 21.6 Å². The van der Waals surface area contributed by atoms with E-state index in [0.717, 1.165) is 0 Å². The van der Waals surface area contributed by atoms with Crippen LogP contribution >= 0.6 is 0 Å². The molecular weight excluding hydrogens is 382 g/mol. The molecule has 1 aromatic heterocycles. The number of fused-ring (bicyclic) bond motifs is 1. The molecule has 0 bridgehead atoms.